The number of nitrogens with zero attached hydrogens (tertiary/aromatic N) is 4. The first-order valence-electron chi connectivity index (χ1n) is 8.12. The largest absolute Gasteiger partial charge is 0.387 e. The quantitative estimate of drug-likeness (QED) is 0.809. The Kier molecular flexibility index (Phi) is 6.31. The first-order valence-corrected chi connectivity index (χ1v) is 8.12. The summed E-state index contributed by atoms with van der Waals surface area (Å²) in [6.45, 7) is 7.11. The summed E-state index contributed by atoms with van der Waals surface area (Å²) in [5.41, 5.74) is 1.94. The van der Waals surface area contributed by atoms with E-state index < -0.39 is 6.10 Å². The zero-order chi connectivity index (χ0) is 17.5. The number of benzene rings is 1. The fourth-order valence-corrected chi connectivity index (χ4v) is 2.41. The number of likely N-dealkylation sites (N-methyl/N-ethyl adjacent to an activating group) is 1. The molecule has 130 valence electrons. The zero-order valence-electron chi connectivity index (χ0n) is 14.4. The molecule has 0 radical (unpaired) electrons. The lowest BCUT2D eigenvalue weighted by molar-refractivity contribution is 0.122. The van der Waals surface area contributed by atoms with Crippen LogP contribution in [0.3, 0.4) is 0 Å². The van der Waals surface area contributed by atoms with E-state index in [4.69, 9.17) is 0 Å². The van der Waals surface area contributed by atoms with Gasteiger partial charge in [0.25, 0.3) is 0 Å². The minimum absolute atomic E-state index is 0.0928. The van der Waals surface area contributed by atoms with E-state index in [1.54, 1.807) is 15.9 Å². The molecule has 2 atom stereocenters. The highest BCUT2D eigenvalue weighted by molar-refractivity contribution is 5.74. The molecule has 0 bridgehead atoms. The van der Waals surface area contributed by atoms with Gasteiger partial charge in [-0.05, 0) is 26.3 Å². The van der Waals surface area contributed by atoms with Crippen LogP contribution in [0.25, 0.3) is 0 Å². The van der Waals surface area contributed by atoms with Crippen LogP contribution in [0.5, 0.6) is 0 Å². The van der Waals surface area contributed by atoms with Gasteiger partial charge in [0.1, 0.15) is 12.7 Å². The number of aryl methyl sites for hydroxylation is 1. The minimum Gasteiger partial charge on any atom is -0.387 e. The summed E-state index contributed by atoms with van der Waals surface area (Å²) in [5.74, 6) is 0. The Labute approximate surface area is 142 Å². The highest BCUT2D eigenvalue weighted by Crippen LogP contribution is 2.15. The predicted octanol–water partition coefficient (Wildman–Crippen LogP) is 1.74. The average Bonchev–Trinajstić information content (AvgIpc) is 3.05. The summed E-state index contributed by atoms with van der Waals surface area (Å²) in [7, 11) is 0. The van der Waals surface area contributed by atoms with Gasteiger partial charge >= 0.3 is 6.03 Å². The third kappa shape index (κ3) is 5.06. The summed E-state index contributed by atoms with van der Waals surface area (Å²) in [6, 6.07) is 7.39. The lowest BCUT2D eigenvalue weighted by atomic mass is 10.1. The normalized spacial score (nSPS) is 13.3. The van der Waals surface area contributed by atoms with Crippen LogP contribution in [-0.4, -0.2) is 49.9 Å². The first-order chi connectivity index (χ1) is 11.5. The SMILES string of the molecule is CCN(CC(O)c1ccc(C)cc1)C(=O)NC(C)Cn1cncn1. The minimum atomic E-state index is -0.707. The lowest BCUT2D eigenvalue weighted by Crippen LogP contribution is -2.46. The molecule has 0 aliphatic heterocycles. The maximum Gasteiger partial charge on any atom is 0.317 e. The molecule has 1 aromatic carbocycles. The fraction of sp³-hybridized carbons (Fsp3) is 0.471. The van der Waals surface area contributed by atoms with Crippen molar-refractivity contribution in [2.24, 2.45) is 0 Å². The Morgan fingerprint density at radius 1 is 1.38 bits per heavy atom. The van der Waals surface area contributed by atoms with Crippen LogP contribution in [0.15, 0.2) is 36.9 Å². The van der Waals surface area contributed by atoms with Crippen molar-refractivity contribution in [1.82, 2.24) is 25.0 Å². The van der Waals surface area contributed by atoms with Crippen molar-refractivity contribution >= 4 is 6.03 Å². The van der Waals surface area contributed by atoms with E-state index in [9.17, 15) is 9.90 Å². The van der Waals surface area contributed by atoms with Gasteiger partial charge in [-0.1, -0.05) is 29.8 Å². The number of hydrogen-bond acceptors (Lipinski definition) is 4. The second kappa shape index (κ2) is 8.44. The average molecular weight is 331 g/mol. The van der Waals surface area contributed by atoms with Crippen LogP contribution in [0, 0.1) is 6.92 Å². The summed E-state index contributed by atoms with van der Waals surface area (Å²) in [5, 5.41) is 17.3. The number of aliphatic hydroxyl groups excluding tert-OH is 1. The Hall–Kier alpha value is -2.41. The topological polar surface area (TPSA) is 83.3 Å². The Morgan fingerprint density at radius 2 is 2.08 bits per heavy atom. The van der Waals surface area contributed by atoms with Gasteiger partial charge in [0, 0.05) is 12.6 Å². The second-order valence-corrected chi connectivity index (χ2v) is 5.93. The van der Waals surface area contributed by atoms with Crippen molar-refractivity contribution in [3.63, 3.8) is 0 Å². The maximum atomic E-state index is 12.4. The van der Waals surface area contributed by atoms with Gasteiger partial charge in [-0.2, -0.15) is 5.10 Å². The fourth-order valence-electron chi connectivity index (χ4n) is 2.41. The summed E-state index contributed by atoms with van der Waals surface area (Å²) < 4.78 is 1.67. The van der Waals surface area contributed by atoms with Gasteiger partial charge < -0.3 is 15.3 Å². The highest BCUT2D eigenvalue weighted by atomic mass is 16.3. The molecule has 0 aliphatic rings. The molecule has 0 aliphatic carbocycles. The summed E-state index contributed by atoms with van der Waals surface area (Å²) >= 11 is 0. The molecule has 0 saturated heterocycles. The lowest BCUT2D eigenvalue weighted by Gasteiger charge is -2.26. The number of amides is 2. The molecule has 2 N–H and O–H groups in total. The number of nitrogens with one attached hydrogen (secondary N) is 1. The molecule has 7 nitrogen and oxygen atoms in total. The van der Waals surface area contributed by atoms with Crippen LogP contribution in [0.1, 0.15) is 31.1 Å². The maximum absolute atomic E-state index is 12.4. The van der Waals surface area contributed by atoms with Crippen molar-refractivity contribution in [3.05, 3.63) is 48.0 Å². The summed E-state index contributed by atoms with van der Waals surface area (Å²) in [6.07, 6.45) is 2.37. The molecule has 2 rings (SSSR count). The molecule has 0 fully saturated rings. The van der Waals surface area contributed by atoms with Crippen LogP contribution in [0.4, 0.5) is 4.79 Å². The van der Waals surface area contributed by atoms with Crippen LogP contribution < -0.4 is 5.32 Å². The Balaban J connectivity index is 1.89. The van der Waals surface area contributed by atoms with Crippen molar-refractivity contribution < 1.29 is 9.90 Å². The Bertz CT molecular complexity index is 627. The summed E-state index contributed by atoms with van der Waals surface area (Å²) in [4.78, 5) is 17.9. The van der Waals surface area contributed by atoms with E-state index in [0.29, 0.717) is 13.1 Å². The molecule has 0 saturated carbocycles. The van der Waals surface area contributed by atoms with Crippen molar-refractivity contribution in [3.8, 4) is 0 Å². The van der Waals surface area contributed by atoms with Crippen LogP contribution >= 0.6 is 0 Å². The van der Waals surface area contributed by atoms with Gasteiger partial charge in [0.2, 0.25) is 0 Å². The van der Waals surface area contributed by atoms with Gasteiger partial charge in [-0.25, -0.2) is 9.78 Å². The second-order valence-electron chi connectivity index (χ2n) is 5.93. The van der Waals surface area contributed by atoms with Crippen LogP contribution in [-0.2, 0) is 6.54 Å². The molecule has 2 aromatic rings. The van der Waals surface area contributed by atoms with Gasteiger partial charge in [0.15, 0.2) is 0 Å². The number of hydrogen-bond donors (Lipinski definition) is 2. The van der Waals surface area contributed by atoms with E-state index in [1.165, 1.54) is 6.33 Å². The van der Waals surface area contributed by atoms with Gasteiger partial charge in [0.05, 0.1) is 19.2 Å². The predicted molar refractivity (Wildman–Crippen MR) is 91.4 cm³/mol. The molecule has 0 spiro atoms. The highest BCUT2D eigenvalue weighted by Gasteiger charge is 2.19. The number of aliphatic hydroxyl groups is 1. The third-order valence-electron chi connectivity index (χ3n) is 3.82. The third-order valence-corrected chi connectivity index (χ3v) is 3.82. The van der Waals surface area contributed by atoms with E-state index in [-0.39, 0.29) is 18.6 Å². The van der Waals surface area contributed by atoms with Gasteiger partial charge in [-0.15, -0.1) is 0 Å². The van der Waals surface area contributed by atoms with E-state index >= 15 is 0 Å². The number of rotatable bonds is 7. The van der Waals surface area contributed by atoms with Gasteiger partial charge in [-0.3, -0.25) is 4.68 Å². The Morgan fingerprint density at radius 3 is 2.67 bits per heavy atom. The van der Waals surface area contributed by atoms with Crippen molar-refractivity contribution in [2.75, 3.05) is 13.1 Å². The van der Waals surface area contributed by atoms with Crippen molar-refractivity contribution in [2.45, 2.75) is 39.5 Å². The molecule has 2 unspecified atom stereocenters. The monoisotopic (exact) mass is 331 g/mol. The molecule has 24 heavy (non-hydrogen) atoms. The molecule has 2 amide bonds. The number of urea groups is 1. The molecule has 7 heteroatoms. The first kappa shape index (κ1) is 17.9. The van der Waals surface area contributed by atoms with E-state index in [0.717, 1.165) is 11.1 Å². The number of aromatic nitrogens is 3. The van der Waals surface area contributed by atoms with Crippen LogP contribution in [0.2, 0.25) is 0 Å². The number of carbonyl (C=O) groups is 1. The molecule has 1 aromatic heterocycles. The van der Waals surface area contributed by atoms with Crippen molar-refractivity contribution in [1.29, 1.82) is 0 Å². The number of carbonyl (C=O) groups excluding carboxylic acids is 1. The van der Waals surface area contributed by atoms with E-state index in [2.05, 4.69) is 15.4 Å². The molecular weight excluding hydrogens is 306 g/mol. The zero-order valence-corrected chi connectivity index (χ0v) is 14.4. The molecule has 1 heterocycles. The molecular formula is C17H25N5O2. The smallest absolute Gasteiger partial charge is 0.317 e. The standard InChI is InChI=1S/C17H25N5O2/c1-4-21(10-16(23)15-7-5-13(2)6-8-15)17(24)20-14(3)9-22-12-18-11-19-22/h5-8,11-12,14,16,23H,4,9-10H2,1-3H3,(H,20,24). The van der Waals surface area contributed by atoms with E-state index in [1.807, 2.05) is 45.0 Å².